The van der Waals surface area contributed by atoms with Gasteiger partial charge in [-0.3, -0.25) is 4.79 Å². The highest BCUT2D eigenvalue weighted by atomic mass is 32.1. The second-order valence-corrected chi connectivity index (χ2v) is 7.33. The predicted molar refractivity (Wildman–Crippen MR) is 105 cm³/mol. The number of carbonyl (C=O) groups is 2. The van der Waals surface area contributed by atoms with Gasteiger partial charge in [0, 0.05) is 21.8 Å². The Morgan fingerprint density at radius 1 is 1.18 bits per heavy atom. The summed E-state index contributed by atoms with van der Waals surface area (Å²) < 4.78 is 25.7. The van der Waals surface area contributed by atoms with Crippen LogP contribution in [0.3, 0.4) is 0 Å². The third kappa shape index (κ3) is 4.14. The Balaban J connectivity index is 1.68. The third-order valence-electron chi connectivity index (χ3n) is 4.49. The van der Waals surface area contributed by atoms with E-state index in [1.807, 2.05) is 31.4 Å². The monoisotopic (exact) mass is 401 g/mol. The number of carbonyl (C=O) groups excluding carboxylic acids is 2. The minimum Gasteiger partial charge on any atom is -0.494 e. The van der Waals surface area contributed by atoms with Crippen molar-refractivity contribution in [3.05, 3.63) is 75.0 Å². The zero-order valence-corrected chi connectivity index (χ0v) is 16.6. The van der Waals surface area contributed by atoms with Crippen LogP contribution >= 0.6 is 11.3 Å². The van der Waals surface area contributed by atoms with Crippen LogP contribution in [0.15, 0.2) is 41.8 Å². The minimum absolute atomic E-state index is 0.0225. The van der Waals surface area contributed by atoms with E-state index in [1.165, 1.54) is 24.1 Å². The summed E-state index contributed by atoms with van der Waals surface area (Å²) in [5.41, 5.74) is 2.32. The predicted octanol–water partition coefficient (Wildman–Crippen LogP) is 4.40. The number of esters is 1. The van der Waals surface area contributed by atoms with Gasteiger partial charge in [0.05, 0.1) is 19.2 Å². The Hall–Kier alpha value is -2.93. The van der Waals surface area contributed by atoms with E-state index < -0.39 is 18.4 Å². The number of halogens is 1. The molecule has 1 aromatic carbocycles. The molecule has 3 aromatic rings. The molecule has 2 aromatic heterocycles. The van der Waals surface area contributed by atoms with Crippen LogP contribution in [0.5, 0.6) is 5.75 Å². The lowest BCUT2D eigenvalue weighted by Gasteiger charge is -2.09. The van der Waals surface area contributed by atoms with E-state index in [0.717, 1.165) is 17.5 Å². The standard InChI is InChI=1S/C21H20FNO4S/c1-13-9-17(14(2)23(13)11-16-5-4-8-28-16)19(24)12-27-21(25)15-6-7-20(26-3)18(22)10-15/h4-10H,11-12H2,1-3H3. The molecule has 0 spiro atoms. The summed E-state index contributed by atoms with van der Waals surface area (Å²) in [6.45, 7) is 4.08. The summed E-state index contributed by atoms with van der Waals surface area (Å²) in [6.07, 6.45) is 0. The van der Waals surface area contributed by atoms with E-state index in [9.17, 15) is 14.0 Å². The van der Waals surface area contributed by atoms with E-state index in [0.29, 0.717) is 12.1 Å². The van der Waals surface area contributed by atoms with Crippen LogP contribution in [0.1, 0.15) is 37.0 Å². The lowest BCUT2D eigenvalue weighted by Crippen LogP contribution is -2.15. The van der Waals surface area contributed by atoms with Crippen LogP contribution < -0.4 is 4.74 Å². The lowest BCUT2D eigenvalue weighted by atomic mass is 10.1. The average molecular weight is 401 g/mol. The molecule has 0 saturated heterocycles. The van der Waals surface area contributed by atoms with Gasteiger partial charge in [0.15, 0.2) is 18.2 Å². The SMILES string of the molecule is COc1ccc(C(=O)OCC(=O)c2cc(C)n(Cc3cccs3)c2C)cc1F. The van der Waals surface area contributed by atoms with Crippen molar-refractivity contribution in [3.8, 4) is 5.75 Å². The number of rotatable bonds is 7. The normalized spacial score (nSPS) is 10.7. The second kappa shape index (κ2) is 8.39. The number of ether oxygens (including phenoxy) is 2. The second-order valence-electron chi connectivity index (χ2n) is 6.30. The Morgan fingerprint density at radius 2 is 1.96 bits per heavy atom. The topological polar surface area (TPSA) is 57.5 Å². The third-order valence-corrected chi connectivity index (χ3v) is 5.35. The van der Waals surface area contributed by atoms with Crippen LogP contribution in [-0.4, -0.2) is 30.0 Å². The van der Waals surface area contributed by atoms with Gasteiger partial charge in [-0.1, -0.05) is 6.07 Å². The summed E-state index contributed by atoms with van der Waals surface area (Å²) in [7, 11) is 1.34. The van der Waals surface area contributed by atoms with E-state index >= 15 is 0 Å². The Morgan fingerprint density at radius 3 is 2.61 bits per heavy atom. The van der Waals surface area contributed by atoms with Crippen molar-refractivity contribution in [2.24, 2.45) is 0 Å². The summed E-state index contributed by atoms with van der Waals surface area (Å²) in [5, 5.41) is 2.01. The molecule has 146 valence electrons. The first-order valence-corrected chi connectivity index (χ1v) is 9.51. The molecule has 0 amide bonds. The molecule has 28 heavy (non-hydrogen) atoms. The maximum atomic E-state index is 13.7. The molecular weight excluding hydrogens is 381 g/mol. The molecule has 0 aliphatic heterocycles. The summed E-state index contributed by atoms with van der Waals surface area (Å²) in [4.78, 5) is 25.9. The molecule has 0 atom stereocenters. The Bertz CT molecular complexity index is 1010. The van der Waals surface area contributed by atoms with Gasteiger partial charge in [-0.15, -0.1) is 11.3 Å². The highest BCUT2D eigenvalue weighted by molar-refractivity contribution is 7.09. The maximum absolute atomic E-state index is 13.7. The summed E-state index contributed by atoms with van der Waals surface area (Å²) >= 11 is 1.65. The molecule has 0 unspecified atom stereocenters. The number of benzene rings is 1. The molecule has 3 rings (SSSR count). The van der Waals surface area contributed by atoms with Gasteiger partial charge in [-0.2, -0.15) is 0 Å². The first-order chi connectivity index (χ1) is 13.4. The quantitative estimate of drug-likeness (QED) is 0.435. The smallest absolute Gasteiger partial charge is 0.338 e. The van der Waals surface area contributed by atoms with Crippen molar-refractivity contribution in [2.75, 3.05) is 13.7 Å². The van der Waals surface area contributed by atoms with Gasteiger partial charge in [-0.25, -0.2) is 9.18 Å². The highest BCUT2D eigenvalue weighted by Gasteiger charge is 2.19. The summed E-state index contributed by atoms with van der Waals surface area (Å²) in [5.74, 6) is -1.69. The highest BCUT2D eigenvalue weighted by Crippen LogP contribution is 2.21. The Kier molecular flexibility index (Phi) is 5.94. The van der Waals surface area contributed by atoms with E-state index in [2.05, 4.69) is 4.57 Å². The molecule has 0 saturated carbocycles. The number of Topliss-reactive ketones (excluding diaryl/α,β-unsaturated/α-hetero) is 1. The summed E-state index contributed by atoms with van der Waals surface area (Å²) in [6, 6.07) is 9.58. The molecule has 0 radical (unpaired) electrons. The number of thiophene rings is 1. The molecule has 7 heteroatoms. The fourth-order valence-corrected chi connectivity index (χ4v) is 3.66. The molecule has 0 N–H and O–H groups in total. The fraction of sp³-hybridized carbons (Fsp3) is 0.238. The van der Waals surface area contributed by atoms with Crippen molar-refractivity contribution in [1.29, 1.82) is 0 Å². The Labute approximate surface area is 166 Å². The zero-order valence-electron chi connectivity index (χ0n) is 15.8. The van der Waals surface area contributed by atoms with Gasteiger partial charge < -0.3 is 14.0 Å². The molecular formula is C21H20FNO4S. The van der Waals surface area contributed by atoms with Gasteiger partial charge >= 0.3 is 5.97 Å². The average Bonchev–Trinajstić information content (AvgIpc) is 3.29. The van der Waals surface area contributed by atoms with Crippen molar-refractivity contribution in [2.45, 2.75) is 20.4 Å². The van der Waals surface area contributed by atoms with Crippen LogP contribution in [0.25, 0.3) is 0 Å². The van der Waals surface area contributed by atoms with Gasteiger partial charge in [0.25, 0.3) is 0 Å². The molecule has 5 nitrogen and oxygen atoms in total. The van der Waals surface area contributed by atoms with Crippen molar-refractivity contribution < 1.29 is 23.5 Å². The van der Waals surface area contributed by atoms with Crippen molar-refractivity contribution >= 4 is 23.1 Å². The van der Waals surface area contributed by atoms with Gasteiger partial charge in [0.2, 0.25) is 5.78 Å². The number of nitrogens with zero attached hydrogens (tertiary/aromatic N) is 1. The fourth-order valence-electron chi connectivity index (χ4n) is 2.97. The van der Waals surface area contributed by atoms with E-state index in [-0.39, 0.29) is 17.1 Å². The first kappa shape index (κ1) is 19.8. The van der Waals surface area contributed by atoms with Crippen molar-refractivity contribution in [3.63, 3.8) is 0 Å². The molecule has 0 fully saturated rings. The van der Waals surface area contributed by atoms with E-state index in [4.69, 9.17) is 9.47 Å². The minimum atomic E-state index is -0.762. The van der Waals surface area contributed by atoms with Gasteiger partial charge in [-0.05, 0) is 49.6 Å². The lowest BCUT2D eigenvalue weighted by molar-refractivity contribution is 0.0474. The van der Waals surface area contributed by atoms with Crippen molar-refractivity contribution in [1.82, 2.24) is 4.57 Å². The maximum Gasteiger partial charge on any atom is 0.338 e. The number of aromatic nitrogens is 1. The number of methoxy groups -OCH3 is 1. The van der Waals surface area contributed by atoms with Crippen LogP contribution in [0.2, 0.25) is 0 Å². The zero-order chi connectivity index (χ0) is 20.3. The number of ketones is 1. The largest absolute Gasteiger partial charge is 0.494 e. The number of aryl methyl sites for hydroxylation is 1. The van der Waals surface area contributed by atoms with Gasteiger partial charge in [0.1, 0.15) is 0 Å². The molecule has 0 aliphatic carbocycles. The number of hydrogen-bond acceptors (Lipinski definition) is 5. The van der Waals surface area contributed by atoms with Crippen LogP contribution in [-0.2, 0) is 11.3 Å². The van der Waals surface area contributed by atoms with Crippen LogP contribution in [0.4, 0.5) is 4.39 Å². The molecule has 2 heterocycles. The molecule has 0 aliphatic rings. The molecule has 0 bridgehead atoms. The number of hydrogen-bond donors (Lipinski definition) is 0. The van der Waals surface area contributed by atoms with Crippen LogP contribution in [0, 0.1) is 19.7 Å². The first-order valence-electron chi connectivity index (χ1n) is 8.63. The van der Waals surface area contributed by atoms with E-state index in [1.54, 1.807) is 17.4 Å².